The van der Waals surface area contributed by atoms with Crippen LogP contribution in [0, 0.1) is 11.6 Å². The molecule has 34 heavy (non-hydrogen) atoms. The Morgan fingerprint density at radius 1 is 1.03 bits per heavy atom. The second kappa shape index (κ2) is 8.61. The van der Waals surface area contributed by atoms with Gasteiger partial charge in [-0.25, -0.2) is 13.8 Å². The van der Waals surface area contributed by atoms with Gasteiger partial charge in [0.15, 0.2) is 11.6 Å². The molecule has 7 nitrogen and oxygen atoms in total. The van der Waals surface area contributed by atoms with Gasteiger partial charge in [-0.2, -0.15) is 13.2 Å². The fourth-order valence-corrected chi connectivity index (χ4v) is 3.43. The number of hydrogen-bond donors (Lipinski definition) is 4. The SMILES string of the molecule is CNC(=O)c1cc(F)c(F)cc1Nc1cc(Nc2ccc3c(c2)CC(=O)N3)ncc1C(F)(F)F. The topological polar surface area (TPSA) is 95.2 Å². The summed E-state index contributed by atoms with van der Waals surface area (Å²) in [6.07, 6.45) is -4.10. The van der Waals surface area contributed by atoms with E-state index in [-0.39, 0.29) is 23.8 Å². The molecule has 0 saturated heterocycles. The molecule has 0 saturated carbocycles. The number of pyridine rings is 1. The molecule has 176 valence electrons. The second-order valence-corrected chi connectivity index (χ2v) is 7.35. The first-order chi connectivity index (χ1) is 16.0. The van der Waals surface area contributed by atoms with Crippen LogP contribution in [0.25, 0.3) is 0 Å². The number of amides is 2. The maximum Gasteiger partial charge on any atom is 0.419 e. The molecule has 0 atom stereocenters. The Morgan fingerprint density at radius 2 is 1.76 bits per heavy atom. The van der Waals surface area contributed by atoms with Crippen LogP contribution in [0.4, 0.5) is 50.5 Å². The Bertz CT molecular complexity index is 1310. The highest BCUT2D eigenvalue weighted by Crippen LogP contribution is 2.38. The zero-order chi connectivity index (χ0) is 24.6. The van der Waals surface area contributed by atoms with E-state index in [1.807, 2.05) is 0 Å². The molecular weight excluding hydrogens is 461 g/mol. The summed E-state index contributed by atoms with van der Waals surface area (Å²) in [6, 6.07) is 7.10. The lowest BCUT2D eigenvalue weighted by molar-refractivity contribution is -0.137. The summed E-state index contributed by atoms with van der Waals surface area (Å²) in [6.45, 7) is 0. The quantitative estimate of drug-likeness (QED) is 0.399. The van der Waals surface area contributed by atoms with Crippen molar-refractivity contribution in [3.8, 4) is 0 Å². The van der Waals surface area contributed by atoms with Crippen molar-refractivity contribution in [2.24, 2.45) is 0 Å². The molecule has 1 aliphatic heterocycles. The highest BCUT2D eigenvalue weighted by Gasteiger charge is 2.35. The first kappa shape index (κ1) is 23.0. The smallest absolute Gasteiger partial charge is 0.355 e. The van der Waals surface area contributed by atoms with E-state index in [0.717, 1.165) is 6.07 Å². The van der Waals surface area contributed by atoms with Gasteiger partial charge in [0.25, 0.3) is 5.91 Å². The molecule has 3 aromatic rings. The first-order valence-corrected chi connectivity index (χ1v) is 9.80. The molecule has 0 radical (unpaired) electrons. The minimum absolute atomic E-state index is 0.00295. The Kier molecular flexibility index (Phi) is 5.82. The number of benzene rings is 2. The molecule has 2 amide bonds. The predicted molar refractivity (Wildman–Crippen MR) is 114 cm³/mol. The van der Waals surface area contributed by atoms with Gasteiger partial charge in [-0.1, -0.05) is 0 Å². The zero-order valence-corrected chi connectivity index (χ0v) is 17.4. The Morgan fingerprint density at radius 3 is 2.47 bits per heavy atom. The van der Waals surface area contributed by atoms with Crippen LogP contribution < -0.4 is 21.3 Å². The van der Waals surface area contributed by atoms with Gasteiger partial charge >= 0.3 is 6.18 Å². The number of aromatic nitrogens is 1. The third-order valence-electron chi connectivity index (χ3n) is 5.01. The van der Waals surface area contributed by atoms with Crippen LogP contribution in [-0.2, 0) is 17.4 Å². The molecule has 0 bridgehead atoms. The fourth-order valence-electron chi connectivity index (χ4n) is 3.43. The molecule has 0 fully saturated rings. The molecule has 2 heterocycles. The van der Waals surface area contributed by atoms with Crippen LogP contribution in [0.1, 0.15) is 21.5 Å². The summed E-state index contributed by atoms with van der Waals surface area (Å²) in [5.74, 6) is -3.69. The molecule has 0 spiro atoms. The van der Waals surface area contributed by atoms with Crippen molar-refractivity contribution in [3.05, 3.63) is 70.9 Å². The molecule has 2 aromatic carbocycles. The van der Waals surface area contributed by atoms with Crippen molar-refractivity contribution in [2.75, 3.05) is 23.0 Å². The molecule has 1 aliphatic rings. The van der Waals surface area contributed by atoms with Crippen molar-refractivity contribution in [1.29, 1.82) is 0 Å². The van der Waals surface area contributed by atoms with E-state index in [4.69, 9.17) is 0 Å². The number of nitrogens with one attached hydrogen (secondary N) is 4. The van der Waals surface area contributed by atoms with Gasteiger partial charge in [-0.15, -0.1) is 0 Å². The van der Waals surface area contributed by atoms with Crippen LogP contribution in [0.3, 0.4) is 0 Å². The Balaban J connectivity index is 1.72. The molecule has 0 aliphatic carbocycles. The van der Waals surface area contributed by atoms with Gasteiger partial charge in [0.1, 0.15) is 5.82 Å². The molecule has 1 aromatic heterocycles. The summed E-state index contributed by atoms with van der Waals surface area (Å²) in [4.78, 5) is 27.4. The number of hydrogen-bond acceptors (Lipinski definition) is 5. The van der Waals surface area contributed by atoms with Crippen molar-refractivity contribution in [1.82, 2.24) is 10.3 Å². The highest BCUT2D eigenvalue weighted by molar-refractivity contribution is 6.00. The van der Waals surface area contributed by atoms with Crippen molar-refractivity contribution >= 4 is 40.4 Å². The van der Waals surface area contributed by atoms with Gasteiger partial charge in [0.2, 0.25) is 5.91 Å². The number of fused-ring (bicyclic) bond motifs is 1. The molecule has 4 rings (SSSR count). The third-order valence-corrected chi connectivity index (χ3v) is 5.01. The monoisotopic (exact) mass is 477 g/mol. The van der Waals surface area contributed by atoms with Crippen LogP contribution in [-0.4, -0.2) is 23.8 Å². The Labute approximate surface area is 189 Å². The summed E-state index contributed by atoms with van der Waals surface area (Å²) in [7, 11) is 1.24. The lowest BCUT2D eigenvalue weighted by atomic mass is 10.1. The van der Waals surface area contributed by atoms with Crippen molar-refractivity contribution < 1.29 is 31.5 Å². The number of carbonyl (C=O) groups is 2. The second-order valence-electron chi connectivity index (χ2n) is 7.35. The van der Waals surface area contributed by atoms with Crippen molar-refractivity contribution in [2.45, 2.75) is 12.6 Å². The van der Waals surface area contributed by atoms with E-state index in [9.17, 15) is 31.5 Å². The zero-order valence-electron chi connectivity index (χ0n) is 17.4. The molecule has 12 heteroatoms. The van der Waals surface area contributed by atoms with Crippen LogP contribution >= 0.6 is 0 Å². The standard InChI is InChI=1S/C22H16F5N5O2/c1-28-21(34)12-6-14(23)15(24)7-17(12)31-18-8-19(29-9-13(18)22(25,26)27)30-11-2-3-16-10(4-11)5-20(33)32-16/h2-4,6-9H,5H2,1H3,(H,28,34)(H,32,33)(H2,29,30,31). The average Bonchev–Trinajstić information content (AvgIpc) is 3.14. The normalized spacial score (nSPS) is 12.7. The number of alkyl halides is 3. The van der Waals surface area contributed by atoms with Gasteiger partial charge in [-0.05, 0) is 29.8 Å². The minimum Gasteiger partial charge on any atom is -0.355 e. The summed E-state index contributed by atoms with van der Waals surface area (Å²) < 4.78 is 68.4. The number of halogens is 5. The number of rotatable bonds is 5. The van der Waals surface area contributed by atoms with E-state index in [0.29, 0.717) is 35.3 Å². The van der Waals surface area contributed by atoms with Gasteiger partial charge in [0.05, 0.1) is 28.9 Å². The van der Waals surface area contributed by atoms with Crippen molar-refractivity contribution in [3.63, 3.8) is 0 Å². The molecular formula is C22H16F5N5O2. The first-order valence-electron chi connectivity index (χ1n) is 9.80. The lowest BCUT2D eigenvalue weighted by Gasteiger charge is -2.18. The number of nitrogens with zero attached hydrogens (tertiary/aromatic N) is 1. The maximum atomic E-state index is 13.8. The summed E-state index contributed by atoms with van der Waals surface area (Å²) in [5.41, 5.74) is -0.684. The van der Waals surface area contributed by atoms with E-state index in [1.165, 1.54) is 7.05 Å². The van der Waals surface area contributed by atoms with Crippen LogP contribution in [0.5, 0.6) is 0 Å². The molecule has 0 unspecified atom stereocenters. The lowest BCUT2D eigenvalue weighted by Crippen LogP contribution is -2.20. The third kappa shape index (κ3) is 4.60. The van der Waals surface area contributed by atoms with Gasteiger partial charge in [0, 0.05) is 36.8 Å². The minimum atomic E-state index is -4.83. The van der Waals surface area contributed by atoms with Crippen LogP contribution in [0.2, 0.25) is 0 Å². The van der Waals surface area contributed by atoms with E-state index >= 15 is 0 Å². The van der Waals surface area contributed by atoms with E-state index in [1.54, 1.807) is 18.2 Å². The highest BCUT2D eigenvalue weighted by atomic mass is 19.4. The van der Waals surface area contributed by atoms with E-state index in [2.05, 4.69) is 26.3 Å². The average molecular weight is 477 g/mol. The molecule has 4 N–H and O–H groups in total. The van der Waals surface area contributed by atoms with E-state index < -0.39 is 40.5 Å². The van der Waals surface area contributed by atoms with Crippen LogP contribution in [0.15, 0.2) is 42.6 Å². The number of anilines is 5. The van der Waals surface area contributed by atoms with Gasteiger partial charge in [-0.3, -0.25) is 9.59 Å². The number of carbonyl (C=O) groups excluding carboxylic acids is 2. The maximum absolute atomic E-state index is 13.8. The van der Waals surface area contributed by atoms with Gasteiger partial charge < -0.3 is 21.3 Å². The fraction of sp³-hybridized carbons (Fsp3) is 0.136. The Hall–Kier alpha value is -4.22. The largest absolute Gasteiger partial charge is 0.419 e. The summed E-state index contributed by atoms with van der Waals surface area (Å²) >= 11 is 0. The predicted octanol–water partition coefficient (Wildman–Crippen LogP) is 4.72. The summed E-state index contributed by atoms with van der Waals surface area (Å²) in [5, 5.41) is 10.1.